The van der Waals surface area contributed by atoms with Crippen LogP contribution in [0.3, 0.4) is 0 Å². The van der Waals surface area contributed by atoms with Crippen molar-refractivity contribution in [1.82, 2.24) is 9.80 Å². The Morgan fingerprint density at radius 1 is 1.17 bits per heavy atom. The van der Waals surface area contributed by atoms with Crippen LogP contribution in [-0.4, -0.2) is 60.8 Å². The average molecular weight is 252 g/mol. The van der Waals surface area contributed by atoms with Crippen LogP contribution < -0.4 is 0 Å². The van der Waals surface area contributed by atoms with Gasteiger partial charge < -0.3 is 4.74 Å². The summed E-state index contributed by atoms with van der Waals surface area (Å²) < 4.78 is 5.57. The molecule has 0 aromatic rings. The molecular formula is C15H28N2O. The molecule has 3 heteroatoms. The zero-order chi connectivity index (χ0) is 12.5. The Morgan fingerprint density at radius 3 is 2.83 bits per heavy atom. The Balaban J connectivity index is 1.64. The molecule has 3 fully saturated rings. The Morgan fingerprint density at radius 2 is 2.06 bits per heavy atom. The van der Waals surface area contributed by atoms with Crippen molar-refractivity contribution < 1.29 is 4.74 Å². The van der Waals surface area contributed by atoms with Gasteiger partial charge in [-0.25, -0.2) is 0 Å². The summed E-state index contributed by atoms with van der Waals surface area (Å²) in [6, 6.07) is 2.25. The molecule has 3 rings (SSSR count). The van der Waals surface area contributed by atoms with Crippen LogP contribution >= 0.6 is 0 Å². The summed E-state index contributed by atoms with van der Waals surface area (Å²) in [5.41, 5.74) is 0. The molecule has 0 saturated carbocycles. The van der Waals surface area contributed by atoms with Gasteiger partial charge >= 0.3 is 0 Å². The van der Waals surface area contributed by atoms with Crippen LogP contribution in [0, 0.1) is 5.92 Å². The van der Waals surface area contributed by atoms with Crippen LogP contribution in [0.25, 0.3) is 0 Å². The lowest BCUT2D eigenvalue weighted by Gasteiger charge is -2.50. The van der Waals surface area contributed by atoms with Gasteiger partial charge in [0.05, 0.1) is 6.61 Å². The summed E-state index contributed by atoms with van der Waals surface area (Å²) in [7, 11) is 0. The van der Waals surface area contributed by atoms with Crippen LogP contribution in [-0.2, 0) is 4.74 Å². The fourth-order valence-electron chi connectivity index (χ4n) is 4.15. The Kier molecular flexibility index (Phi) is 3.92. The molecule has 0 N–H and O–H groups in total. The summed E-state index contributed by atoms with van der Waals surface area (Å²) in [5.74, 6) is 0.766. The number of piperidine rings is 1. The van der Waals surface area contributed by atoms with Crippen LogP contribution in [0.15, 0.2) is 0 Å². The number of nitrogens with zero attached hydrogens (tertiary/aromatic N) is 2. The first-order chi connectivity index (χ1) is 8.75. The molecule has 0 aromatic heterocycles. The molecule has 0 bridgehead atoms. The van der Waals surface area contributed by atoms with Gasteiger partial charge in [-0.15, -0.1) is 0 Å². The van der Waals surface area contributed by atoms with E-state index in [2.05, 4.69) is 23.6 Å². The topological polar surface area (TPSA) is 15.7 Å². The van der Waals surface area contributed by atoms with Crippen LogP contribution in [0.1, 0.15) is 39.5 Å². The lowest BCUT2D eigenvalue weighted by molar-refractivity contribution is -0.0180. The number of rotatable bonds is 2. The predicted octanol–water partition coefficient (Wildman–Crippen LogP) is 1.97. The number of ether oxygens (including phenoxy) is 1. The fourth-order valence-corrected chi connectivity index (χ4v) is 4.15. The SMILES string of the molecule is CC1CN2CCCCC2CN1C(C)C1CCOC1. The molecule has 0 aliphatic carbocycles. The minimum absolute atomic E-state index is 0.701. The largest absolute Gasteiger partial charge is 0.381 e. The molecule has 0 amide bonds. The van der Waals surface area contributed by atoms with Gasteiger partial charge in [-0.05, 0) is 45.6 Å². The number of hydrogen-bond acceptors (Lipinski definition) is 3. The maximum atomic E-state index is 5.57. The van der Waals surface area contributed by atoms with E-state index in [1.54, 1.807) is 0 Å². The van der Waals surface area contributed by atoms with Crippen LogP contribution in [0.5, 0.6) is 0 Å². The van der Waals surface area contributed by atoms with Crippen molar-refractivity contribution in [2.75, 3.05) is 32.8 Å². The van der Waals surface area contributed by atoms with E-state index in [0.29, 0.717) is 6.04 Å². The zero-order valence-electron chi connectivity index (χ0n) is 12.0. The molecule has 104 valence electrons. The van der Waals surface area contributed by atoms with Crippen LogP contribution in [0.2, 0.25) is 0 Å². The van der Waals surface area contributed by atoms with Crippen molar-refractivity contribution in [2.45, 2.75) is 57.7 Å². The second-order valence-electron chi connectivity index (χ2n) is 6.55. The lowest BCUT2D eigenvalue weighted by Crippen LogP contribution is -2.61. The van der Waals surface area contributed by atoms with E-state index >= 15 is 0 Å². The van der Waals surface area contributed by atoms with E-state index in [0.717, 1.165) is 31.2 Å². The Bertz CT molecular complexity index is 278. The highest BCUT2D eigenvalue weighted by Crippen LogP contribution is 2.29. The van der Waals surface area contributed by atoms with Gasteiger partial charge in [0.1, 0.15) is 0 Å². The van der Waals surface area contributed by atoms with E-state index in [9.17, 15) is 0 Å². The van der Waals surface area contributed by atoms with Gasteiger partial charge in [-0.2, -0.15) is 0 Å². The van der Waals surface area contributed by atoms with Gasteiger partial charge in [0.15, 0.2) is 0 Å². The number of piperazine rings is 1. The minimum Gasteiger partial charge on any atom is -0.381 e. The summed E-state index contributed by atoms with van der Waals surface area (Å²) in [6.07, 6.45) is 5.52. The third kappa shape index (κ3) is 2.45. The molecule has 18 heavy (non-hydrogen) atoms. The second kappa shape index (κ2) is 5.48. The molecule has 3 aliphatic rings. The Hall–Kier alpha value is -0.120. The first-order valence-electron chi connectivity index (χ1n) is 7.83. The maximum absolute atomic E-state index is 5.57. The number of fused-ring (bicyclic) bond motifs is 1. The van der Waals surface area contributed by atoms with E-state index in [4.69, 9.17) is 4.74 Å². The summed E-state index contributed by atoms with van der Waals surface area (Å²) in [4.78, 5) is 5.51. The molecule has 3 nitrogen and oxygen atoms in total. The standard InChI is InChI=1S/C15H28N2O/c1-12-9-16-7-4-3-5-15(16)10-17(12)13(2)14-6-8-18-11-14/h12-15H,3-11H2,1-2H3. The number of hydrogen-bond donors (Lipinski definition) is 0. The predicted molar refractivity (Wildman–Crippen MR) is 73.8 cm³/mol. The average Bonchev–Trinajstić information content (AvgIpc) is 2.91. The molecular weight excluding hydrogens is 224 g/mol. The summed E-state index contributed by atoms with van der Waals surface area (Å²) in [6.45, 7) is 10.7. The Labute approximate surface area is 111 Å². The van der Waals surface area contributed by atoms with E-state index < -0.39 is 0 Å². The van der Waals surface area contributed by atoms with Gasteiger partial charge in [-0.1, -0.05) is 6.42 Å². The third-order valence-corrected chi connectivity index (χ3v) is 5.41. The molecule has 0 aromatic carbocycles. The van der Waals surface area contributed by atoms with Crippen LogP contribution in [0.4, 0.5) is 0 Å². The monoisotopic (exact) mass is 252 g/mol. The molecule has 3 aliphatic heterocycles. The normalized spacial score (nSPS) is 40.7. The highest BCUT2D eigenvalue weighted by Gasteiger charge is 2.37. The van der Waals surface area contributed by atoms with E-state index in [1.807, 2.05) is 0 Å². The van der Waals surface area contributed by atoms with Gasteiger partial charge in [-0.3, -0.25) is 9.80 Å². The first kappa shape index (κ1) is 12.9. The molecule has 3 saturated heterocycles. The quantitative estimate of drug-likeness (QED) is 0.747. The lowest BCUT2D eigenvalue weighted by atomic mass is 9.92. The van der Waals surface area contributed by atoms with Crippen molar-refractivity contribution in [3.05, 3.63) is 0 Å². The molecule has 4 unspecified atom stereocenters. The van der Waals surface area contributed by atoms with Crippen molar-refractivity contribution >= 4 is 0 Å². The van der Waals surface area contributed by atoms with E-state index in [1.165, 1.54) is 45.3 Å². The van der Waals surface area contributed by atoms with E-state index in [-0.39, 0.29) is 0 Å². The maximum Gasteiger partial charge on any atom is 0.0509 e. The summed E-state index contributed by atoms with van der Waals surface area (Å²) >= 11 is 0. The molecule has 0 radical (unpaired) electrons. The molecule has 4 atom stereocenters. The van der Waals surface area contributed by atoms with Crippen molar-refractivity contribution in [1.29, 1.82) is 0 Å². The van der Waals surface area contributed by atoms with Gasteiger partial charge in [0.25, 0.3) is 0 Å². The van der Waals surface area contributed by atoms with Crippen molar-refractivity contribution in [3.63, 3.8) is 0 Å². The van der Waals surface area contributed by atoms with Crippen molar-refractivity contribution in [3.8, 4) is 0 Å². The molecule has 3 heterocycles. The first-order valence-corrected chi connectivity index (χ1v) is 7.83. The second-order valence-corrected chi connectivity index (χ2v) is 6.55. The smallest absolute Gasteiger partial charge is 0.0509 e. The zero-order valence-corrected chi connectivity index (χ0v) is 12.0. The van der Waals surface area contributed by atoms with Crippen molar-refractivity contribution in [2.24, 2.45) is 5.92 Å². The highest BCUT2D eigenvalue weighted by molar-refractivity contribution is 4.92. The molecule has 0 spiro atoms. The van der Waals surface area contributed by atoms with Gasteiger partial charge in [0, 0.05) is 37.8 Å². The summed E-state index contributed by atoms with van der Waals surface area (Å²) in [5, 5.41) is 0. The fraction of sp³-hybridized carbons (Fsp3) is 1.00. The van der Waals surface area contributed by atoms with Gasteiger partial charge in [0.2, 0.25) is 0 Å². The minimum atomic E-state index is 0.701. The highest BCUT2D eigenvalue weighted by atomic mass is 16.5. The third-order valence-electron chi connectivity index (χ3n) is 5.41.